The van der Waals surface area contributed by atoms with Gasteiger partial charge in [-0.2, -0.15) is 0 Å². The summed E-state index contributed by atoms with van der Waals surface area (Å²) in [6.07, 6.45) is 2.41. The normalized spacial score (nSPS) is 9.20. The summed E-state index contributed by atoms with van der Waals surface area (Å²) >= 11 is 0. The summed E-state index contributed by atoms with van der Waals surface area (Å²) in [5.41, 5.74) is -0.00694. The highest BCUT2D eigenvalue weighted by Crippen LogP contribution is 1.91. The van der Waals surface area contributed by atoms with Crippen molar-refractivity contribution in [3.05, 3.63) is 18.2 Å². The molecule has 0 saturated carbocycles. The van der Waals surface area contributed by atoms with Gasteiger partial charge in [0.1, 0.15) is 5.69 Å². The largest absolute Gasteiger partial charge is 0.475 e. The molecule has 5 heteroatoms. The van der Waals surface area contributed by atoms with E-state index in [0.29, 0.717) is 0 Å². The van der Waals surface area contributed by atoms with Gasteiger partial charge in [-0.3, -0.25) is 4.79 Å². The number of aromatic amines is 1. The molecule has 0 amide bonds. The van der Waals surface area contributed by atoms with E-state index >= 15 is 0 Å². The molecule has 0 aliphatic heterocycles. The number of hydrogen-bond donors (Lipinski definition) is 2. The van der Waals surface area contributed by atoms with Crippen molar-refractivity contribution in [2.45, 2.75) is 0 Å². The van der Waals surface area contributed by atoms with Crippen LogP contribution < -0.4 is 0 Å². The first-order valence-electron chi connectivity index (χ1n) is 2.48. The molecule has 0 aliphatic rings. The minimum absolute atomic E-state index is 0.00694. The van der Waals surface area contributed by atoms with Gasteiger partial charge >= 0.3 is 5.97 Å². The number of hydrogen-bond acceptors (Lipinski definition) is 3. The van der Waals surface area contributed by atoms with Crippen LogP contribution in [0, 0.1) is 0 Å². The number of carbonyl (C=O) groups excluding carboxylic acids is 1. The quantitative estimate of drug-likeness (QED) is 0.435. The maximum atomic E-state index is 10.5. The van der Waals surface area contributed by atoms with Crippen LogP contribution in [0.1, 0.15) is 10.5 Å². The molecule has 52 valence electrons. The molecule has 1 rings (SSSR count). The fraction of sp³-hybridized carbons (Fsp3) is 0. The van der Waals surface area contributed by atoms with E-state index < -0.39 is 11.8 Å². The van der Waals surface area contributed by atoms with Crippen molar-refractivity contribution in [1.82, 2.24) is 9.97 Å². The lowest BCUT2D eigenvalue weighted by Crippen LogP contribution is -2.12. The number of carboxylic acids is 1. The number of imidazole rings is 1. The number of H-pyrrole nitrogens is 1. The van der Waals surface area contributed by atoms with E-state index in [1.54, 1.807) is 0 Å². The lowest BCUT2D eigenvalue weighted by Gasteiger charge is -1.85. The average Bonchev–Trinajstić information content (AvgIpc) is 2.36. The number of aromatic nitrogens is 2. The predicted molar refractivity (Wildman–Crippen MR) is 30.6 cm³/mol. The number of Topliss-reactive ketones (excluding diaryl/α,β-unsaturated/α-hetero) is 1. The SMILES string of the molecule is O=C(O)C(=O)c1cnc[nH]1. The second-order valence-electron chi connectivity index (χ2n) is 1.60. The summed E-state index contributed by atoms with van der Waals surface area (Å²) in [5, 5.41) is 8.16. The zero-order valence-corrected chi connectivity index (χ0v) is 4.87. The standard InChI is InChI=1S/C5H4N2O3/c8-4(5(9)10)3-1-6-2-7-3/h1-2H,(H,6,7)(H,9,10). The molecule has 0 fully saturated rings. The lowest BCUT2D eigenvalue weighted by atomic mass is 10.3. The van der Waals surface area contributed by atoms with Gasteiger partial charge in [0, 0.05) is 0 Å². The van der Waals surface area contributed by atoms with Gasteiger partial charge in [-0.25, -0.2) is 9.78 Å². The minimum Gasteiger partial charge on any atom is -0.475 e. The molecule has 10 heavy (non-hydrogen) atoms. The highest BCUT2D eigenvalue weighted by atomic mass is 16.4. The first-order chi connectivity index (χ1) is 4.72. The van der Waals surface area contributed by atoms with Crippen molar-refractivity contribution in [3.63, 3.8) is 0 Å². The van der Waals surface area contributed by atoms with Crippen molar-refractivity contribution in [3.8, 4) is 0 Å². The average molecular weight is 140 g/mol. The summed E-state index contributed by atoms with van der Waals surface area (Å²) in [4.78, 5) is 26.4. The third-order valence-corrected chi connectivity index (χ3v) is 0.937. The Hall–Kier alpha value is -1.65. The van der Waals surface area contributed by atoms with E-state index in [4.69, 9.17) is 5.11 Å². The Morgan fingerprint density at radius 3 is 2.70 bits per heavy atom. The van der Waals surface area contributed by atoms with Gasteiger partial charge in [-0.05, 0) is 0 Å². The predicted octanol–water partition coefficient (Wildman–Crippen LogP) is -0.323. The molecule has 0 aliphatic carbocycles. The van der Waals surface area contributed by atoms with Gasteiger partial charge in [0.25, 0.3) is 5.78 Å². The molecule has 1 aromatic heterocycles. The Balaban J connectivity index is 2.88. The molecule has 5 nitrogen and oxygen atoms in total. The molecule has 0 radical (unpaired) electrons. The minimum atomic E-state index is -1.48. The first kappa shape index (κ1) is 6.47. The second kappa shape index (κ2) is 2.30. The van der Waals surface area contributed by atoms with Crippen LogP contribution in [0.25, 0.3) is 0 Å². The third-order valence-electron chi connectivity index (χ3n) is 0.937. The van der Waals surface area contributed by atoms with E-state index in [1.807, 2.05) is 0 Å². The van der Waals surface area contributed by atoms with Crippen LogP contribution in [-0.4, -0.2) is 26.8 Å². The highest BCUT2D eigenvalue weighted by molar-refractivity contribution is 6.39. The van der Waals surface area contributed by atoms with Crippen molar-refractivity contribution in [2.75, 3.05) is 0 Å². The van der Waals surface area contributed by atoms with Crippen LogP contribution in [0.15, 0.2) is 12.5 Å². The third kappa shape index (κ3) is 1.02. The van der Waals surface area contributed by atoms with E-state index in [0.717, 1.165) is 6.20 Å². The maximum absolute atomic E-state index is 10.5. The summed E-state index contributed by atoms with van der Waals surface area (Å²) < 4.78 is 0. The number of ketones is 1. The Kier molecular flexibility index (Phi) is 1.49. The van der Waals surface area contributed by atoms with E-state index in [-0.39, 0.29) is 5.69 Å². The van der Waals surface area contributed by atoms with Gasteiger partial charge in [-0.15, -0.1) is 0 Å². The first-order valence-corrected chi connectivity index (χ1v) is 2.48. The topological polar surface area (TPSA) is 83.0 Å². The van der Waals surface area contributed by atoms with Gasteiger partial charge < -0.3 is 10.1 Å². The maximum Gasteiger partial charge on any atom is 0.378 e. The van der Waals surface area contributed by atoms with E-state index in [9.17, 15) is 9.59 Å². The molecule has 0 aromatic carbocycles. The molecule has 1 aromatic rings. The molecule has 0 saturated heterocycles. The van der Waals surface area contributed by atoms with Crippen LogP contribution >= 0.6 is 0 Å². The lowest BCUT2D eigenvalue weighted by molar-refractivity contribution is -0.131. The van der Waals surface area contributed by atoms with Gasteiger partial charge in [0.2, 0.25) is 0 Å². The van der Waals surface area contributed by atoms with Crippen LogP contribution in [-0.2, 0) is 4.79 Å². The fourth-order valence-electron chi connectivity index (χ4n) is 0.495. The highest BCUT2D eigenvalue weighted by Gasteiger charge is 2.14. The van der Waals surface area contributed by atoms with Crippen LogP contribution in [0.2, 0.25) is 0 Å². The summed E-state index contributed by atoms with van der Waals surface area (Å²) in [6.45, 7) is 0. The number of aliphatic carboxylic acids is 1. The van der Waals surface area contributed by atoms with Gasteiger partial charge in [0.05, 0.1) is 12.5 Å². The van der Waals surface area contributed by atoms with Crippen molar-refractivity contribution >= 4 is 11.8 Å². The summed E-state index contributed by atoms with van der Waals surface area (Å²) in [5.74, 6) is -2.46. The number of carboxylic acid groups (broad SMARTS) is 1. The molecule has 0 unspecified atom stereocenters. The van der Waals surface area contributed by atoms with Crippen molar-refractivity contribution in [1.29, 1.82) is 0 Å². The van der Waals surface area contributed by atoms with Crippen molar-refractivity contribution < 1.29 is 14.7 Å². The fourth-order valence-corrected chi connectivity index (χ4v) is 0.495. The Labute approximate surface area is 55.7 Å². The molecule has 0 atom stereocenters. The van der Waals surface area contributed by atoms with Crippen LogP contribution in [0.4, 0.5) is 0 Å². The number of nitrogens with one attached hydrogen (secondary N) is 1. The molecule has 0 bridgehead atoms. The van der Waals surface area contributed by atoms with Crippen LogP contribution in [0.5, 0.6) is 0 Å². The molecule has 0 spiro atoms. The van der Waals surface area contributed by atoms with Gasteiger partial charge in [-0.1, -0.05) is 0 Å². The second-order valence-corrected chi connectivity index (χ2v) is 1.60. The van der Waals surface area contributed by atoms with Gasteiger partial charge in [0.15, 0.2) is 0 Å². The number of carbonyl (C=O) groups is 2. The molecular weight excluding hydrogens is 136 g/mol. The Bertz CT molecular complexity index is 252. The van der Waals surface area contributed by atoms with E-state index in [1.165, 1.54) is 6.33 Å². The Morgan fingerprint density at radius 2 is 2.30 bits per heavy atom. The summed E-state index contributed by atoms with van der Waals surface area (Å²) in [6, 6.07) is 0. The monoisotopic (exact) mass is 140 g/mol. The van der Waals surface area contributed by atoms with Crippen LogP contribution in [0.3, 0.4) is 0 Å². The zero-order chi connectivity index (χ0) is 7.56. The Morgan fingerprint density at radius 1 is 1.60 bits per heavy atom. The molecular formula is C5H4N2O3. The molecule has 1 heterocycles. The smallest absolute Gasteiger partial charge is 0.378 e. The number of nitrogens with zero attached hydrogens (tertiary/aromatic N) is 1. The summed E-state index contributed by atoms with van der Waals surface area (Å²) in [7, 11) is 0. The number of rotatable bonds is 2. The zero-order valence-electron chi connectivity index (χ0n) is 4.87. The van der Waals surface area contributed by atoms with Crippen molar-refractivity contribution in [2.24, 2.45) is 0 Å². The van der Waals surface area contributed by atoms with E-state index in [2.05, 4.69) is 9.97 Å². The molecule has 2 N–H and O–H groups in total.